The van der Waals surface area contributed by atoms with Crippen LogP contribution >= 0.6 is 15.9 Å². The largest absolute Gasteiger partial charge is 0.487 e. The lowest BCUT2D eigenvalue weighted by Gasteiger charge is -2.08. The molecule has 0 saturated heterocycles. The van der Waals surface area contributed by atoms with Gasteiger partial charge >= 0.3 is 0 Å². The highest BCUT2D eigenvalue weighted by atomic mass is 79.9. The van der Waals surface area contributed by atoms with Crippen LogP contribution in [0.5, 0.6) is 5.75 Å². The molecule has 0 fully saturated rings. The van der Waals surface area contributed by atoms with Crippen LogP contribution in [0.2, 0.25) is 0 Å². The highest BCUT2D eigenvalue weighted by Crippen LogP contribution is 2.16. The first-order valence-electron chi connectivity index (χ1n) is 11.5. The van der Waals surface area contributed by atoms with Crippen molar-refractivity contribution < 1.29 is 9.53 Å². The summed E-state index contributed by atoms with van der Waals surface area (Å²) in [4.78, 5) is 17.4. The van der Waals surface area contributed by atoms with Crippen molar-refractivity contribution in [2.75, 3.05) is 0 Å². The van der Waals surface area contributed by atoms with Gasteiger partial charge in [-0.15, -0.1) is 5.10 Å². The van der Waals surface area contributed by atoms with Crippen LogP contribution in [0, 0.1) is 13.8 Å². The van der Waals surface area contributed by atoms with Crippen LogP contribution in [0.1, 0.15) is 38.6 Å². The molecule has 182 valence electrons. The summed E-state index contributed by atoms with van der Waals surface area (Å²) in [5.41, 5.74) is 5.96. The molecule has 0 radical (unpaired) electrons. The zero-order valence-corrected chi connectivity index (χ0v) is 21.6. The number of nitrogens with one attached hydrogen (secondary N) is 1. The maximum atomic E-state index is 12.9. The van der Waals surface area contributed by atoms with Crippen LogP contribution in [0.4, 0.5) is 0 Å². The van der Waals surface area contributed by atoms with Gasteiger partial charge in [-0.05, 0) is 60.9 Å². The Hall–Kier alpha value is -3.98. The number of pyridine rings is 1. The van der Waals surface area contributed by atoms with Gasteiger partial charge in [0.25, 0.3) is 5.91 Å². The Bertz CT molecular complexity index is 1510. The van der Waals surface area contributed by atoms with E-state index in [1.54, 1.807) is 4.68 Å². The molecule has 8 nitrogen and oxygen atoms in total. The smallest absolute Gasteiger partial charge is 0.270 e. The van der Waals surface area contributed by atoms with Gasteiger partial charge in [-0.1, -0.05) is 51.5 Å². The number of imidazole rings is 1. The highest BCUT2D eigenvalue weighted by Gasteiger charge is 2.16. The molecule has 0 unspecified atom stereocenters. The molecule has 36 heavy (non-hydrogen) atoms. The summed E-state index contributed by atoms with van der Waals surface area (Å²) in [7, 11) is 0. The van der Waals surface area contributed by atoms with Crippen LogP contribution in [0.3, 0.4) is 0 Å². The van der Waals surface area contributed by atoms with E-state index in [0.29, 0.717) is 31.1 Å². The molecule has 0 atom stereocenters. The van der Waals surface area contributed by atoms with Crippen LogP contribution in [-0.4, -0.2) is 30.3 Å². The Morgan fingerprint density at radius 3 is 2.50 bits per heavy atom. The van der Waals surface area contributed by atoms with Crippen molar-refractivity contribution in [2.24, 2.45) is 0 Å². The Morgan fingerprint density at radius 1 is 0.972 bits per heavy atom. The molecule has 0 aliphatic heterocycles. The maximum Gasteiger partial charge on any atom is 0.270 e. The number of carbonyl (C=O) groups excluding carboxylic acids is 1. The molecular weight excluding hydrogens is 520 g/mol. The molecule has 3 aromatic heterocycles. The second-order valence-corrected chi connectivity index (χ2v) is 9.55. The molecule has 2 aromatic carbocycles. The molecule has 5 aromatic rings. The predicted octanol–water partition coefficient (Wildman–Crippen LogP) is 4.86. The predicted molar refractivity (Wildman–Crippen MR) is 140 cm³/mol. The lowest BCUT2D eigenvalue weighted by atomic mass is 10.2. The fraction of sp³-hybridized carbons (Fsp3) is 0.185. The normalized spacial score (nSPS) is 11.1. The van der Waals surface area contributed by atoms with Crippen molar-refractivity contribution in [3.63, 3.8) is 0 Å². The third-order valence-corrected chi connectivity index (χ3v) is 6.29. The van der Waals surface area contributed by atoms with Gasteiger partial charge in [0.05, 0.1) is 18.4 Å². The number of fused-ring (bicyclic) bond motifs is 1. The van der Waals surface area contributed by atoms with Gasteiger partial charge in [-0.2, -0.15) is 0 Å². The number of rotatable bonds is 8. The number of aromatic nitrogens is 5. The number of amides is 1. The van der Waals surface area contributed by atoms with E-state index < -0.39 is 0 Å². The van der Waals surface area contributed by atoms with Crippen molar-refractivity contribution in [2.45, 2.75) is 33.5 Å². The van der Waals surface area contributed by atoms with Gasteiger partial charge in [0.1, 0.15) is 29.4 Å². The lowest BCUT2D eigenvalue weighted by molar-refractivity contribution is 0.0944. The summed E-state index contributed by atoms with van der Waals surface area (Å²) < 4.78 is 10.5. The number of hydrogen-bond acceptors (Lipinski definition) is 5. The number of benzene rings is 2. The Balaban J connectivity index is 1.14. The molecule has 3 heterocycles. The van der Waals surface area contributed by atoms with Gasteiger partial charge in [-0.3, -0.25) is 9.20 Å². The van der Waals surface area contributed by atoms with E-state index in [1.807, 2.05) is 91.3 Å². The van der Waals surface area contributed by atoms with Gasteiger partial charge in [0.2, 0.25) is 0 Å². The molecule has 0 aliphatic rings. The fourth-order valence-corrected chi connectivity index (χ4v) is 4.19. The standard InChI is InChI=1S/C27H25BrN6O2/c1-18-3-12-25-30-19(2)26(34(25)14-18)27(35)29-13-20-6-10-24(11-7-20)36-17-23-16-33(32-31-23)15-21-4-8-22(28)9-5-21/h3-12,14,16H,13,15,17H2,1-2H3,(H,29,35). The minimum Gasteiger partial charge on any atom is -0.487 e. The van der Waals surface area contributed by atoms with Gasteiger partial charge in [0.15, 0.2) is 0 Å². The number of carbonyl (C=O) groups is 1. The Labute approximate surface area is 217 Å². The van der Waals surface area contributed by atoms with Gasteiger partial charge in [0, 0.05) is 17.2 Å². The Morgan fingerprint density at radius 2 is 1.72 bits per heavy atom. The summed E-state index contributed by atoms with van der Waals surface area (Å²) in [6.45, 7) is 5.22. The third-order valence-electron chi connectivity index (χ3n) is 5.76. The van der Waals surface area contributed by atoms with E-state index in [4.69, 9.17) is 4.74 Å². The quantitative estimate of drug-likeness (QED) is 0.301. The van der Waals surface area contributed by atoms with Crippen LogP contribution in [0.25, 0.3) is 5.65 Å². The van der Waals surface area contributed by atoms with E-state index in [0.717, 1.165) is 38.3 Å². The lowest BCUT2D eigenvalue weighted by Crippen LogP contribution is -2.25. The summed E-state index contributed by atoms with van der Waals surface area (Å²) in [5, 5.41) is 11.4. The number of aryl methyl sites for hydroxylation is 2. The molecular formula is C27H25BrN6O2. The monoisotopic (exact) mass is 544 g/mol. The third kappa shape index (κ3) is 5.46. The first kappa shape index (κ1) is 23.7. The molecule has 9 heteroatoms. The van der Waals surface area contributed by atoms with Crippen LogP contribution in [-0.2, 0) is 19.7 Å². The zero-order valence-electron chi connectivity index (χ0n) is 20.0. The van der Waals surface area contributed by atoms with Gasteiger partial charge in [-0.25, -0.2) is 9.67 Å². The SMILES string of the molecule is Cc1ccc2nc(C)c(C(=O)NCc3ccc(OCc4cn(Cc5ccc(Br)cc5)nn4)cc3)n2c1. The number of halogens is 1. The molecule has 5 rings (SSSR count). The number of nitrogens with zero attached hydrogens (tertiary/aromatic N) is 5. The number of hydrogen-bond donors (Lipinski definition) is 1. The topological polar surface area (TPSA) is 86.3 Å². The van der Waals surface area contributed by atoms with Gasteiger partial charge < -0.3 is 10.1 Å². The zero-order chi connectivity index (χ0) is 25.1. The van der Waals surface area contributed by atoms with Crippen molar-refractivity contribution in [3.05, 3.63) is 111 Å². The van der Waals surface area contributed by atoms with Crippen molar-refractivity contribution >= 4 is 27.5 Å². The van der Waals surface area contributed by atoms with Crippen molar-refractivity contribution in [3.8, 4) is 5.75 Å². The first-order valence-corrected chi connectivity index (χ1v) is 12.3. The summed E-state index contributed by atoms with van der Waals surface area (Å²) in [5.74, 6) is 0.567. The average molecular weight is 545 g/mol. The molecule has 0 bridgehead atoms. The first-order chi connectivity index (χ1) is 17.4. The second-order valence-electron chi connectivity index (χ2n) is 8.63. The summed E-state index contributed by atoms with van der Waals surface area (Å²) >= 11 is 3.44. The van der Waals surface area contributed by atoms with Crippen LogP contribution < -0.4 is 10.1 Å². The summed E-state index contributed by atoms with van der Waals surface area (Å²) in [6, 6.07) is 19.7. The van der Waals surface area contributed by atoms with Crippen molar-refractivity contribution in [1.82, 2.24) is 29.7 Å². The molecule has 1 amide bonds. The number of ether oxygens (including phenoxy) is 1. The van der Waals surface area contributed by atoms with E-state index in [2.05, 4.69) is 36.5 Å². The molecule has 1 N–H and O–H groups in total. The molecule has 0 spiro atoms. The molecule has 0 aliphatic carbocycles. The van der Waals surface area contributed by atoms with E-state index in [1.165, 1.54) is 0 Å². The summed E-state index contributed by atoms with van der Waals surface area (Å²) in [6.07, 6.45) is 3.81. The Kier molecular flexibility index (Phi) is 6.81. The minimum absolute atomic E-state index is 0.155. The minimum atomic E-state index is -0.155. The highest BCUT2D eigenvalue weighted by molar-refractivity contribution is 9.10. The van der Waals surface area contributed by atoms with E-state index in [-0.39, 0.29) is 5.91 Å². The fourth-order valence-electron chi connectivity index (χ4n) is 3.93. The van der Waals surface area contributed by atoms with E-state index >= 15 is 0 Å². The van der Waals surface area contributed by atoms with Crippen molar-refractivity contribution in [1.29, 1.82) is 0 Å². The van der Waals surface area contributed by atoms with E-state index in [9.17, 15) is 4.79 Å². The van der Waals surface area contributed by atoms with Crippen LogP contribution in [0.15, 0.2) is 77.5 Å². The second kappa shape index (κ2) is 10.3. The maximum absolute atomic E-state index is 12.9. The molecule has 0 saturated carbocycles. The average Bonchev–Trinajstić information content (AvgIpc) is 3.46.